The van der Waals surface area contributed by atoms with E-state index >= 15 is 0 Å². The molecule has 3 heterocycles. The second-order valence-corrected chi connectivity index (χ2v) is 9.34. The maximum atomic E-state index is 13.4. The van der Waals surface area contributed by atoms with Gasteiger partial charge in [-0.1, -0.05) is 30.3 Å². The number of allylic oxidation sites excluding steroid dienone is 1. The molecule has 0 bridgehead atoms. The molecule has 0 spiro atoms. The van der Waals surface area contributed by atoms with Crippen molar-refractivity contribution in [3.05, 3.63) is 62.9 Å². The zero-order valence-electron chi connectivity index (χ0n) is 19.4. The Morgan fingerprint density at radius 3 is 2.82 bits per heavy atom. The lowest BCUT2D eigenvalue weighted by Gasteiger charge is -2.12. The molecule has 1 saturated carbocycles. The SMILES string of the molecule is C=C/C=c1\c(=C/C)n(Cc2nc(OCCC3CCOC3)c3ccc(Cl)cc3n2)c(=O)n1C1CC1. The summed E-state index contributed by atoms with van der Waals surface area (Å²) in [6, 6.07) is 5.75. The van der Waals surface area contributed by atoms with Gasteiger partial charge in [0.05, 0.1) is 34.8 Å². The van der Waals surface area contributed by atoms with Crippen molar-refractivity contribution in [2.24, 2.45) is 5.92 Å². The molecule has 0 amide bonds. The third-order valence-corrected chi connectivity index (χ3v) is 6.70. The van der Waals surface area contributed by atoms with Gasteiger partial charge in [0.1, 0.15) is 0 Å². The van der Waals surface area contributed by atoms with Crippen molar-refractivity contribution < 1.29 is 9.47 Å². The summed E-state index contributed by atoms with van der Waals surface area (Å²) in [5, 5.41) is 3.12. The summed E-state index contributed by atoms with van der Waals surface area (Å²) in [6.45, 7) is 8.16. The molecule has 2 aromatic heterocycles. The van der Waals surface area contributed by atoms with Gasteiger partial charge in [0.2, 0.25) is 5.88 Å². The predicted molar refractivity (Wildman–Crippen MR) is 134 cm³/mol. The van der Waals surface area contributed by atoms with Gasteiger partial charge in [-0.15, -0.1) is 0 Å². The quantitative estimate of drug-likeness (QED) is 0.495. The smallest absolute Gasteiger partial charge is 0.329 e. The lowest BCUT2D eigenvalue weighted by Crippen LogP contribution is -2.33. The number of hydrogen-bond donors (Lipinski definition) is 0. The third-order valence-electron chi connectivity index (χ3n) is 6.47. The van der Waals surface area contributed by atoms with Crippen LogP contribution in [0.5, 0.6) is 5.88 Å². The van der Waals surface area contributed by atoms with Gasteiger partial charge in [-0.2, -0.15) is 4.98 Å². The van der Waals surface area contributed by atoms with Crippen LogP contribution in [-0.2, 0) is 11.3 Å². The lowest BCUT2D eigenvalue weighted by molar-refractivity contribution is 0.177. The van der Waals surface area contributed by atoms with Gasteiger partial charge in [0.15, 0.2) is 5.82 Å². The van der Waals surface area contributed by atoms with Crippen molar-refractivity contribution in [1.82, 2.24) is 19.1 Å². The topological polar surface area (TPSA) is 71.2 Å². The van der Waals surface area contributed by atoms with Crippen molar-refractivity contribution in [3.63, 3.8) is 0 Å². The van der Waals surface area contributed by atoms with Crippen molar-refractivity contribution in [2.75, 3.05) is 19.8 Å². The minimum atomic E-state index is -0.0535. The Balaban J connectivity index is 1.53. The van der Waals surface area contributed by atoms with E-state index in [1.54, 1.807) is 10.6 Å². The van der Waals surface area contributed by atoms with E-state index in [4.69, 9.17) is 31.0 Å². The summed E-state index contributed by atoms with van der Waals surface area (Å²) in [5.74, 6) is 1.55. The first-order valence-electron chi connectivity index (χ1n) is 11.9. The Morgan fingerprint density at radius 1 is 1.26 bits per heavy atom. The Labute approximate surface area is 203 Å². The highest BCUT2D eigenvalue weighted by Gasteiger charge is 2.28. The van der Waals surface area contributed by atoms with Crippen LogP contribution in [0.3, 0.4) is 0 Å². The fourth-order valence-corrected chi connectivity index (χ4v) is 4.76. The van der Waals surface area contributed by atoms with Crippen LogP contribution in [0.25, 0.3) is 23.1 Å². The second kappa shape index (κ2) is 9.76. The van der Waals surface area contributed by atoms with Gasteiger partial charge in [0.25, 0.3) is 0 Å². The molecule has 1 aliphatic heterocycles. The summed E-state index contributed by atoms with van der Waals surface area (Å²) in [4.78, 5) is 22.8. The molecule has 8 heteroatoms. The largest absolute Gasteiger partial charge is 0.477 e. The van der Waals surface area contributed by atoms with Crippen LogP contribution < -0.4 is 21.1 Å². The number of hydrogen-bond acceptors (Lipinski definition) is 5. The summed E-state index contributed by atoms with van der Waals surface area (Å²) >= 11 is 6.26. The molecule has 34 heavy (non-hydrogen) atoms. The summed E-state index contributed by atoms with van der Waals surface area (Å²) in [5.41, 5.74) is 0.647. The van der Waals surface area contributed by atoms with E-state index in [1.165, 1.54) is 0 Å². The molecular formula is C26H29ClN4O3. The van der Waals surface area contributed by atoms with Crippen LogP contribution in [0.15, 0.2) is 35.6 Å². The van der Waals surface area contributed by atoms with Gasteiger partial charge in [-0.25, -0.2) is 9.78 Å². The van der Waals surface area contributed by atoms with E-state index in [1.807, 2.05) is 41.8 Å². The fraction of sp³-hybridized carbons (Fsp3) is 0.423. The predicted octanol–water partition coefficient (Wildman–Crippen LogP) is 3.20. The van der Waals surface area contributed by atoms with E-state index in [2.05, 4.69) is 6.58 Å². The first-order valence-corrected chi connectivity index (χ1v) is 12.2. The van der Waals surface area contributed by atoms with Crippen LogP contribution in [0.1, 0.15) is 44.5 Å². The first-order chi connectivity index (χ1) is 16.6. The van der Waals surface area contributed by atoms with E-state index in [0.29, 0.717) is 34.8 Å². The standard InChI is InChI=1S/C26H29ClN4O3/c1-3-5-23-22(4-2)30(26(32)31(23)19-7-8-19)15-24-28-21-14-18(27)6-9-20(21)25(29-24)34-13-11-17-10-12-33-16-17/h3-6,9,14,17,19H,1,7-8,10-13,15-16H2,2H3/b22-4+,23-5+. The van der Waals surface area contributed by atoms with Crippen molar-refractivity contribution in [1.29, 1.82) is 0 Å². The Hall–Kier alpha value is -2.90. The molecule has 0 N–H and O–H groups in total. The minimum Gasteiger partial charge on any atom is -0.477 e. The first kappa shape index (κ1) is 22.9. The molecule has 178 valence electrons. The number of halogens is 1. The molecule has 0 radical (unpaired) electrons. The molecule has 1 aliphatic carbocycles. The lowest BCUT2D eigenvalue weighted by atomic mass is 10.1. The van der Waals surface area contributed by atoms with Crippen LogP contribution in [-0.4, -0.2) is 38.9 Å². The van der Waals surface area contributed by atoms with E-state index in [-0.39, 0.29) is 18.3 Å². The average molecular weight is 481 g/mol. The van der Waals surface area contributed by atoms with Crippen LogP contribution in [0.4, 0.5) is 0 Å². The van der Waals surface area contributed by atoms with Gasteiger partial charge in [-0.3, -0.25) is 9.13 Å². The van der Waals surface area contributed by atoms with Gasteiger partial charge < -0.3 is 9.47 Å². The van der Waals surface area contributed by atoms with Crippen molar-refractivity contribution in [3.8, 4) is 5.88 Å². The molecule has 1 unspecified atom stereocenters. The fourth-order valence-electron chi connectivity index (χ4n) is 4.59. The number of rotatable bonds is 8. The number of fused-ring (bicyclic) bond motifs is 1. The Kier molecular flexibility index (Phi) is 6.57. The molecule has 1 atom stereocenters. The van der Waals surface area contributed by atoms with Gasteiger partial charge >= 0.3 is 5.69 Å². The van der Waals surface area contributed by atoms with Crippen LogP contribution in [0.2, 0.25) is 5.02 Å². The normalized spacial score (nSPS) is 19.3. The third kappa shape index (κ3) is 4.55. The number of imidazole rings is 1. The average Bonchev–Trinajstić information content (AvgIpc) is 3.45. The number of nitrogens with zero attached hydrogens (tertiary/aromatic N) is 4. The summed E-state index contributed by atoms with van der Waals surface area (Å²) in [6.07, 6.45) is 9.58. The van der Waals surface area contributed by atoms with Gasteiger partial charge in [0, 0.05) is 24.3 Å². The van der Waals surface area contributed by atoms with Gasteiger partial charge in [-0.05, 0) is 62.8 Å². The molecule has 2 aliphatic rings. The summed E-state index contributed by atoms with van der Waals surface area (Å²) in [7, 11) is 0. The van der Waals surface area contributed by atoms with Crippen LogP contribution in [0, 0.1) is 5.92 Å². The number of aromatic nitrogens is 4. The number of ether oxygens (including phenoxy) is 2. The van der Waals surface area contributed by atoms with Crippen LogP contribution >= 0.6 is 11.6 Å². The maximum Gasteiger partial charge on any atom is 0.329 e. The Bertz CT molecular complexity index is 1400. The van der Waals surface area contributed by atoms with Crippen molar-refractivity contribution in [2.45, 2.75) is 45.2 Å². The molecule has 2 fully saturated rings. The minimum absolute atomic E-state index is 0.0535. The zero-order valence-corrected chi connectivity index (χ0v) is 20.1. The summed E-state index contributed by atoms with van der Waals surface area (Å²) < 4.78 is 15.2. The van der Waals surface area contributed by atoms with Crippen molar-refractivity contribution >= 4 is 34.7 Å². The van der Waals surface area contributed by atoms with E-state index in [9.17, 15) is 4.79 Å². The zero-order chi connectivity index (χ0) is 23.7. The number of benzene rings is 1. The van der Waals surface area contributed by atoms with E-state index < -0.39 is 0 Å². The molecule has 5 rings (SSSR count). The molecule has 1 saturated heterocycles. The molecular weight excluding hydrogens is 452 g/mol. The highest BCUT2D eigenvalue weighted by atomic mass is 35.5. The molecule has 1 aromatic carbocycles. The Morgan fingerprint density at radius 2 is 2.12 bits per heavy atom. The monoisotopic (exact) mass is 480 g/mol. The second-order valence-electron chi connectivity index (χ2n) is 8.90. The molecule has 3 aromatic rings. The highest BCUT2D eigenvalue weighted by molar-refractivity contribution is 6.31. The van der Waals surface area contributed by atoms with E-state index in [0.717, 1.165) is 55.0 Å². The highest BCUT2D eigenvalue weighted by Crippen LogP contribution is 2.32. The maximum absolute atomic E-state index is 13.4. The molecule has 7 nitrogen and oxygen atoms in total.